The predicted molar refractivity (Wildman–Crippen MR) is 87.2 cm³/mol. The van der Waals surface area contributed by atoms with Crippen LogP contribution in [0.1, 0.15) is 18.1 Å². The van der Waals surface area contributed by atoms with Crippen LogP contribution in [0.25, 0.3) is 0 Å². The van der Waals surface area contributed by atoms with Crippen LogP contribution in [0.3, 0.4) is 0 Å². The fourth-order valence-corrected chi connectivity index (χ4v) is 2.41. The van der Waals surface area contributed by atoms with Gasteiger partial charge in [-0.25, -0.2) is 0 Å². The van der Waals surface area contributed by atoms with Gasteiger partial charge in [0.15, 0.2) is 6.10 Å². The summed E-state index contributed by atoms with van der Waals surface area (Å²) >= 11 is 0. The van der Waals surface area contributed by atoms with Gasteiger partial charge in [0.1, 0.15) is 5.75 Å². The number of carbonyl (C=O) groups is 2. The first kappa shape index (κ1) is 15.1. The molecule has 2 aromatic carbocycles. The number of anilines is 1. The third-order valence-corrected chi connectivity index (χ3v) is 3.67. The molecule has 1 aliphatic rings. The van der Waals surface area contributed by atoms with E-state index in [1.165, 1.54) is 0 Å². The van der Waals surface area contributed by atoms with Crippen molar-refractivity contribution in [3.05, 3.63) is 59.7 Å². The fourth-order valence-electron chi connectivity index (χ4n) is 2.41. The first-order chi connectivity index (χ1) is 11.1. The van der Waals surface area contributed by atoms with Crippen molar-refractivity contribution in [1.82, 2.24) is 5.32 Å². The quantitative estimate of drug-likeness (QED) is 0.910. The van der Waals surface area contributed by atoms with Crippen molar-refractivity contribution in [2.45, 2.75) is 26.0 Å². The molecule has 0 bridgehead atoms. The van der Waals surface area contributed by atoms with Gasteiger partial charge >= 0.3 is 0 Å². The molecule has 5 heteroatoms. The Bertz CT molecular complexity index is 728. The Kier molecular flexibility index (Phi) is 4.28. The van der Waals surface area contributed by atoms with Crippen LogP contribution in [0.15, 0.2) is 48.5 Å². The molecule has 0 saturated heterocycles. The van der Waals surface area contributed by atoms with E-state index in [4.69, 9.17) is 4.74 Å². The molecule has 23 heavy (non-hydrogen) atoms. The lowest BCUT2D eigenvalue weighted by Gasteiger charge is -2.23. The highest BCUT2D eigenvalue weighted by molar-refractivity contribution is 5.97. The zero-order chi connectivity index (χ0) is 16.2. The van der Waals surface area contributed by atoms with Gasteiger partial charge in [0, 0.05) is 6.54 Å². The van der Waals surface area contributed by atoms with Crippen LogP contribution in [0.5, 0.6) is 5.75 Å². The first-order valence-electron chi connectivity index (χ1n) is 7.53. The van der Waals surface area contributed by atoms with E-state index in [9.17, 15) is 9.59 Å². The minimum Gasteiger partial charge on any atom is -0.479 e. The van der Waals surface area contributed by atoms with Crippen LogP contribution >= 0.6 is 0 Å². The molecule has 0 aliphatic carbocycles. The van der Waals surface area contributed by atoms with Crippen molar-refractivity contribution >= 4 is 17.5 Å². The molecule has 118 valence electrons. The Hall–Kier alpha value is -2.82. The van der Waals surface area contributed by atoms with E-state index < -0.39 is 6.10 Å². The highest BCUT2D eigenvalue weighted by Gasteiger charge is 2.23. The zero-order valence-electron chi connectivity index (χ0n) is 12.8. The van der Waals surface area contributed by atoms with Gasteiger partial charge in [-0.15, -0.1) is 0 Å². The molecule has 5 nitrogen and oxygen atoms in total. The summed E-state index contributed by atoms with van der Waals surface area (Å²) in [4.78, 5) is 23.6. The lowest BCUT2D eigenvalue weighted by Crippen LogP contribution is -2.34. The number of rotatable bonds is 4. The molecule has 0 radical (unpaired) electrons. The summed E-state index contributed by atoms with van der Waals surface area (Å²) in [6.45, 7) is 2.11. The smallest absolute Gasteiger partial charge is 0.265 e. The standard InChI is InChI=1S/C18H18N2O3/c1-12-18(22)20-15-9-14(7-8-16(15)23-12)11-19-17(21)10-13-5-3-2-4-6-13/h2-9,12H,10-11H2,1H3,(H,19,21)(H,20,22). The van der Waals surface area contributed by atoms with Gasteiger partial charge < -0.3 is 15.4 Å². The predicted octanol–water partition coefficient (Wildman–Crippen LogP) is 2.26. The Morgan fingerprint density at radius 2 is 1.96 bits per heavy atom. The summed E-state index contributed by atoms with van der Waals surface area (Å²) in [5.74, 6) is 0.446. The van der Waals surface area contributed by atoms with Crippen LogP contribution in [0.4, 0.5) is 5.69 Å². The SMILES string of the molecule is CC1Oc2ccc(CNC(=O)Cc3ccccc3)cc2NC1=O. The molecule has 1 heterocycles. The second-order valence-electron chi connectivity index (χ2n) is 5.52. The Morgan fingerprint density at radius 1 is 1.17 bits per heavy atom. The van der Waals surface area contributed by atoms with E-state index in [-0.39, 0.29) is 11.8 Å². The van der Waals surface area contributed by atoms with E-state index in [1.54, 1.807) is 6.92 Å². The minimum atomic E-state index is -0.487. The van der Waals surface area contributed by atoms with Gasteiger partial charge in [-0.2, -0.15) is 0 Å². The summed E-state index contributed by atoms with van der Waals surface area (Å²) in [7, 11) is 0. The van der Waals surface area contributed by atoms with Gasteiger partial charge in [-0.05, 0) is 30.2 Å². The molecular formula is C18H18N2O3. The summed E-state index contributed by atoms with van der Waals surface area (Å²) in [6, 6.07) is 15.1. The Morgan fingerprint density at radius 3 is 2.74 bits per heavy atom. The lowest BCUT2D eigenvalue weighted by atomic mass is 10.1. The molecule has 0 spiro atoms. The maximum atomic E-state index is 12.0. The fraction of sp³-hybridized carbons (Fsp3) is 0.222. The molecule has 1 unspecified atom stereocenters. The summed E-state index contributed by atoms with van der Waals surface area (Å²) in [5.41, 5.74) is 2.52. The third kappa shape index (κ3) is 3.69. The van der Waals surface area contributed by atoms with E-state index in [1.807, 2.05) is 48.5 Å². The molecule has 2 N–H and O–H groups in total. The highest BCUT2D eigenvalue weighted by Crippen LogP contribution is 2.30. The van der Waals surface area contributed by atoms with Crippen LogP contribution in [0.2, 0.25) is 0 Å². The normalized spacial score (nSPS) is 16.0. The van der Waals surface area contributed by atoms with Gasteiger partial charge in [-0.3, -0.25) is 9.59 Å². The largest absolute Gasteiger partial charge is 0.479 e. The van der Waals surface area contributed by atoms with Crippen molar-refractivity contribution < 1.29 is 14.3 Å². The maximum absolute atomic E-state index is 12.0. The Balaban J connectivity index is 1.60. The topological polar surface area (TPSA) is 67.4 Å². The van der Waals surface area contributed by atoms with Crippen molar-refractivity contribution in [2.75, 3.05) is 5.32 Å². The number of hydrogen-bond donors (Lipinski definition) is 2. The van der Waals surface area contributed by atoms with Crippen molar-refractivity contribution in [3.63, 3.8) is 0 Å². The van der Waals surface area contributed by atoms with Crippen LogP contribution in [-0.4, -0.2) is 17.9 Å². The van der Waals surface area contributed by atoms with E-state index in [2.05, 4.69) is 10.6 Å². The van der Waals surface area contributed by atoms with Crippen LogP contribution < -0.4 is 15.4 Å². The highest BCUT2D eigenvalue weighted by atomic mass is 16.5. The van der Waals surface area contributed by atoms with E-state index in [0.717, 1.165) is 11.1 Å². The molecule has 2 aromatic rings. The van der Waals surface area contributed by atoms with Gasteiger partial charge in [-0.1, -0.05) is 36.4 Å². The molecule has 3 rings (SSSR count). The summed E-state index contributed by atoms with van der Waals surface area (Å²) in [5, 5.41) is 5.68. The van der Waals surface area contributed by atoms with Crippen molar-refractivity contribution in [3.8, 4) is 5.75 Å². The number of hydrogen-bond acceptors (Lipinski definition) is 3. The molecule has 0 saturated carbocycles. The number of ether oxygens (including phenoxy) is 1. The second kappa shape index (κ2) is 6.52. The van der Waals surface area contributed by atoms with Gasteiger partial charge in [0.25, 0.3) is 5.91 Å². The lowest BCUT2D eigenvalue weighted by molar-refractivity contribution is -0.123. The molecule has 0 aromatic heterocycles. The average Bonchev–Trinajstić information content (AvgIpc) is 2.55. The van der Waals surface area contributed by atoms with Gasteiger partial charge in [0.2, 0.25) is 5.91 Å². The van der Waals surface area contributed by atoms with Crippen molar-refractivity contribution in [1.29, 1.82) is 0 Å². The molecule has 1 atom stereocenters. The number of amides is 2. The molecule has 2 amide bonds. The van der Waals surface area contributed by atoms with Crippen molar-refractivity contribution in [2.24, 2.45) is 0 Å². The monoisotopic (exact) mass is 310 g/mol. The molecule has 0 fully saturated rings. The Labute approximate surface area is 134 Å². The molecular weight excluding hydrogens is 292 g/mol. The van der Waals surface area contributed by atoms with Crippen LogP contribution in [0, 0.1) is 0 Å². The van der Waals surface area contributed by atoms with E-state index in [0.29, 0.717) is 24.4 Å². The number of benzene rings is 2. The summed E-state index contributed by atoms with van der Waals surface area (Å²) < 4.78 is 5.50. The minimum absolute atomic E-state index is 0.0390. The maximum Gasteiger partial charge on any atom is 0.265 e. The first-order valence-corrected chi connectivity index (χ1v) is 7.53. The average molecular weight is 310 g/mol. The second-order valence-corrected chi connectivity index (χ2v) is 5.52. The zero-order valence-corrected chi connectivity index (χ0v) is 12.8. The van der Waals surface area contributed by atoms with Gasteiger partial charge in [0.05, 0.1) is 12.1 Å². The number of carbonyl (C=O) groups excluding carboxylic acids is 2. The van der Waals surface area contributed by atoms with Crippen LogP contribution in [-0.2, 0) is 22.6 Å². The number of nitrogens with one attached hydrogen (secondary N) is 2. The summed E-state index contributed by atoms with van der Waals surface area (Å²) in [6.07, 6.45) is -0.137. The third-order valence-electron chi connectivity index (χ3n) is 3.67. The van der Waals surface area contributed by atoms with E-state index >= 15 is 0 Å². The number of fused-ring (bicyclic) bond motifs is 1. The molecule has 1 aliphatic heterocycles.